The molecule has 0 aliphatic carbocycles. The van der Waals surface area contributed by atoms with Crippen molar-refractivity contribution in [3.8, 4) is 11.5 Å². The largest absolute Gasteiger partial charge is 0.493 e. The number of H-pyrrole nitrogens is 1. The van der Waals surface area contributed by atoms with E-state index < -0.39 is 6.17 Å². The Kier molecular flexibility index (Phi) is 4.97. The van der Waals surface area contributed by atoms with Crippen molar-refractivity contribution in [2.45, 2.75) is 12.6 Å². The Morgan fingerprint density at radius 1 is 1.12 bits per heavy atom. The van der Waals surface area contributed by atoms with E-state index in [1.165, 1.54) is 20.4 Å². The number of nitrogens with zero attached hydrogens (tertiary/aromatic N) is 3. The van der Waals surface area contributed by atoms with Gasteiger partial charge in [-0.2, -0.15) is 5.10 Å². The number of aromatic nitrogens is 2. The van der Waals surface area contributed by atoms with Gasteiger partial charge in [-0.3, -0.25) is 24.4 Å². The Labute approximate surface area is 189 Å². The van der Waals surface area contributed by atoms with E-state index in [0.717, 1.165) is 0 Å². The van der Waals surface area contributed by atoms with E-state index in [1.54, 1.807) is 52.4 Å². The molecule has 2 aliphatic heterocycles. The summed E-state index contributed by atoms with van der Waals surface area (Å²) < 4.78 is 10.9. The first-order valence-electron chi connectivity index (χ1n) is 10.3. The number of fused-ring (bicyclic) bond motifs is 5. The fourth-order valence-corrected chi connectivity index (χ4v) is 4.42. The fraction of sp³-hybridized carbons (Fsp3) is 0.217. The van der Waals surface area contributed by atoms with E-state index >= 15 is 0 Å². The number of benzene rings is 2. The first-order chi connectivity index (χ1) is 16.0. The Hall–Kier alpha value is -4.34. The zero-order valence-electron chi connectivity index (χ0n) is 18.0. The highest BCUT2D eigenvalue weighted by Gasteiger charge is 2.49. The Balaban J connectivity index is 1.55. The number of para-hydroxylation sites is 1. The van der Waals surface area contributed by atoms with Crippen LogP contribution in [0.3, 0.4) is 0 Å². The van der Waals surface area contributed by atoms with Crippen LogP contribution in [0.1, 0.15) is 38.9 Å². The summed E-state index contributed by atoms with van der Waals surface area (Å²) in [5, 5.41) is 9.16. The van der Waals surface area contributed by atoms with Crippen molar-refractivity contribution >= 4 is 29.1 Å². The van der Waals surface area contributed by atoms with Gasteiger partial charge in [0.25, 0.3) is 11.8 Å². The van der Waals surface area contributed by atoms with E-state index in [0.29, 0.717) is 39.6 Å². The zero-order valence-corrected chi connectivity index (χ0v) is 18.0. The lowest BCUT2D eigenvalue weighted by atomic mass is 10.0. The summed E-state index contributed by atoms with van der Waals surface area (Å²) in [4.78, 5) is 42.7. The van der Waals surface area contributed by atoms with Crippen LogP contribution in [0, 0.1) is 0 Å². The van der Waals surface area contributed by atoms with Crippen LogP contribution < -0.4 is 19.7 Å². The van der Waals surface area contributed by atoms with Crippen LogP contribution in [0.15, 0.2) is 48.8 Å². The summed E-state index contributed by atoms with van der Waals surface area (Å²) in [6, 6.07) is 10.4. The lowest BCUT2D eigenvalue weighted by molar-refractivity contribution is -0.116. The van der Waals surface area contributed by atoms with E-state index in [-0.39, 0.29) is 30.7 Å². The molecule has 5 rings (SSSR count). The van der Waals surface area contributed by atoms with E-state index in [4.69, 9.17) is 9.47 Å². The number of ether oxygens (including phenoxy) is 2. The van der Waals surface area contributed by atoms with E-state index in [2.05, 4.69) is 15.5 Å². The van der Waals surface area contributed by atoms with Crippen LogP contribution in [0.2, 0.25) is 0 Å². The topological polar surface area (TPSA) is 117 Å². The second kappa shape index (κ2) is 7.97. The maximum absolute atomic E-state index is 13.6. The van der Waals surface area contributed by atoms with Crippen molar-refractivity contribution in [1.82, 2.24) is 15.1 Å². The monoisotopic (exact) mass is 447 g/mol. The molecule has 1 atom stereocenters. The average molecular weight is 447 g/mol. The number of methoxy groups -OCH3 is 2. The predicted octanol–water partition coefficient (Wildman–Crippen LogP) is 2.57. The third-order valence-corrected chi connectivity index (χ3v) is 5.85. The lowest BCUT2D eigenvalue weighted by Gasteiger charge is -2.40. The molecule has 3 aromatic rings. The molecule has 10 heteroatoms. The second-order valence-corrected chi connectivity index (χ2v) is 7.61. The summed E-state index contributed by atoms with van der Waals surface area (Å²) >= 11 is 0. The van der Waals surface area contributed by atoms with Gasteiger partial charge in [-0.05, 0) is 18.2 Å². The van der Waals surface area contributed by atoms with Gasteiger partial charge < -0.3 is 19.7 Å². The van der Waals surface area contributed by atoms with Gasteiger partial charge in [0.1, 0.15) is 6.17 Å². The molecule has 0 unspecified atom stereocenters. The molecule has 0 bridgehead atoms. The normalized spacial score (nSPS) is 16.2. The van der Waals surface area contributed by atoms with Crippen molar-refractivity contribution < 1.29 is 23.9 Å². The summed E-state index contributed by atoms with van der Waals surface area (Å²) in [6.07, 6.45) is 2.40. The molecular weight excluding hydrogens is 426 g/mol. The average Bonchev–Trinajstić information content (AvgIpc) is 3.44. The quantitative estimate of drug-likeness (QED) is 0.600. The van der Waals surface area contributed by atoms with Crippen LogP contribution in [-0.4, -0.2) is 53.6 Å². The molecule has 2 aromatic carbocycles. The number of carbonyl (C=O) groups is 3. The van der Waals surface area contributed by atoms with Gasteiger partial charge >= 0.3 is 0 Å². The van der Waals surface area contributed by atoms with Crippen LogP contribution in [0.4, 0.5) is 11.4 Å². The molecular formula is C23H21N5O5. The minimum atomic E-state index is -0.698. The smallest absolute Gasteiger partial charge is 0.264 e. The van der Waals surface area contributed by atoms with Crippen molar-refractivity contribution in [3.63, 3.8) is 0 Å². The summed E-state index contributed by atoms with van der Waals surface area (Å²) in [7, 11) is 2.97. The Bertz CT molecular complexity index is 1260. The SMILES string of the molecule is COc1ccc2c(c1OC)C(=O)N1c3ccccc3C(=O)N(CCC(=O)Nc3cn[nH]c3)[C@@H]21. The number of anilines is 2. The van der Waals surface area contributed by atoms with Crippen LogP contribution in [0.25, 0.3) is 0 Å². The van der Waals surface area contributed by atoms with E-state index in [1.807, 2.05) is 0 Å². The molecule has 3 heterocycles. The molecule has 0 radical (unpaired) electrons. The Morgan fingerprint density at radius 2 is 1.94 bits per heavy atom. The van der Waals surface area contributed by atoms with Gasteiger partial charge in [-0.25, -0.2) is 0 Å². The summed E-state index contributed by atoms with van der Waals surface area (Å²) in [5.41, 5.74) is 2.43. The lowest BCUT2D eigenvalue weighted by Crippen LogP contribution is -2.49. The molecule has 3 amide bonds. The van der Waals surface area contributed by atoms with Gasteiger partial charge in [0.05, 0.1) is 42.9 Å². The van der Waals surface area contributed by atoms with Crippen LogP contribution in [-0.2, 0) is 4.79 Å². The van der Waals surface area contributed by atoms with Crippen LogP contribution >= 0.6 is 0 Å². The predicted molar refractivity (Wildman–Crippen MR) is 118 cm³/mol. The van der Waals surface area contributed by atoms with Gasteiger partial charge in [0, 0.05) is 24.7 Å². The van der Waals surface area contributed by atoms with Crippen molar-refractivity contribution in [3.05, 3.63) is 65.5 Å². The summed E-state index contributed by atoms with van der Waals surface area (Å²) in [6.45, 7) is 0.110. The number of hydrogen-bond donors (Lipinski definition) is 2. The number of hydrogen-bond acceptors (Lipinski definition) is 6. The van der Waals surface area contributed by atoms with Crippen LogP contribution in [0.5, 0.6) is 11.5 Å². The maximum atomic E-state index is 13.6. The third kappa shape index (κ3) is 3.18. The summed E-state index contributed by atoms with van der Waals surface area (Å²) in [5.74, 6) is -0.0736. The third-order valence-electron chi connectivity index (χ3n) is 5.85. The fourth-order valence-electron chi connectivity index (χ4n) is 4.42. The van der Waals surface area contributed by atoms with Gasteiger partial charge in [-0.1, -0.05) is 18.2 Å². The number of rotatable bonds is 6. The molecule has 0 spiro atoms. The van der Waals surface area contributed by atoms with Crippen molar-refractivity contribution in [2.24, 2.45) is 0 Å². The maximum Gasteiger partial charge on any atom is 0.264 e. The number of amides is 3. The standard InChI is InChI=1S/C23H21N5O5/c1-32-17-8-7-15-19(20(17)33-2)23(31)28-16-6-4-3-5-14(16)22(30)27(21(15)28)10-9-18(29)26-13-11-24-25-12-13/h3-8,11-12,21H,9-10H2,1-2H3,(H,24,25)(H,26,29)/t21-/m1/s1. The molecule has 0 saturated heterocycles. The molecule has 2 N–H and O–H groups in total. The molecule has 33 heavy (non-hydrogen) atoms. The van der Waals surface area contributed by atoms with Crippen molar-refractivity contribution in [1.29, 1.82) is 0 Å². The highest BCUT2D eigenvalue weighted by atomic mass is 16.5. The highest BCUT2D eigenvalue weighted by Crippen LogP contribution is 2.49. The van der Waals surface area contributed by atoms with Crippen molar-refractivity contribution in [2.75, 3.05) is 31.0 Å². The first kappa shape index (κ1) is 20.6. The molecule has 168 valence electrons. The first-order valence-corrected chi connectivity index (χ1v) is 10.3. The molecule has 2 aliphatic rings. The second-order valence-electron chi connectivity index (χ2n) is 7.61. The minimum Gasteiger partial charge on any atom is -0.493 e. The highest BCUT2D eigenvalue weighted by molar-refractivity contribution is 6.18. The Morgan fingerprint density at radius 3 is 2.67 bits per heavy atom. The molecule has 0 saturated carbocycles. The number of nitrogens with one attached hydrogen (secondary N) is 2. The van der Waals surface area contributed by atoms with E-state index in [9.17, 15) is 14.4 Å². The zero-order chi connectivity index (χ0) is 23.1. The molecule has 1 aromatic heterocycles. The number of aromatic amines is 1. The molecule has 0 fully saturated rings. The molecule has 10 nitrogen and oxygen atoms in total. The van der Waals surface area contributed by atoms with Gasteiger partial charge in [0.15, 0.2) is 11.5 Å². The minimum absolute atomic E-state index is 0.0419. The number of carbonyl (C=O) groups excluding carboxylic acids is 3. The van der Waals surface area contributed by atoms with Gasteiger partial charge in [-0.15, -0.1) is 0 Å². The van der Waals surface area contributed by atoms with Gasteiger partial charge in [0.2, 0.25) is 5.91 Å².